The number of nitriles is 1. The van der Waals surface area contributed by atoms with Crippen molar-refractivity contribution in [3.05, 3.63) is 88.8 Å². The van der Waals surface area contributed by atoms with Crippen molar-refractivity contribution in [1.29, 1.82) is 5.26 Å². The lowest BCUT2D eigenvalue weighted by atomic mass is 10.0. The van der Waals surface area contributed by atoms with Gasteiger partial charge in [-0.15, -0.1) is 11.3 Å². The second-order valence-electron chi connectivity index (χ2n) is 6.04. The molecule has 3 aromatic carbocycles. The number of rotatable bonds is 4. The number of carbonyl (C=O) groups is 1. The summed E-state index contributed by atoms with van der Waals surface area (Å²) in [6.07, 6.45) is 0. The van der Waals surface area contributed by atoms with Gasteiger partial charge in [0.15, 0.2) is 0 Å². The summed E-state index contributed by atoms with van der Waals surface area (Å²) in [6, 6.07) is 25.0. The fourth-order valence-corrected chi connectivity index (χ4v) is 3.98. The SMILES string of the molecule is N#Cc1c(Nc2ccccc2)sc(C(=O)c2ccc3ccccc3c2)c1N. The van der Waals surface area contributed by atoms with Gasteiger partial charge in [0, 0.05) is 11.3 Å². The van der Waals surface area contributed by atoms with Crippen LogP contribution in [0.4, 0.5) is 16.4 Å². The van der Waals surface area contributed by atoms with Crippen LogP contribution >= 0.6 is 11.3 Å². The average Bonchev–Trinajstić information content (AvgIpc) is 3.02. The van der Waals surface area contributed by atoms with Crippen LogP contribution in [-0.4, -0.2) is 5.78 Å². The van der Waals surface area contributed by atoms with Gasteiger partial charge in [0.1, 0.15) is 21.5 Å². The van der Waals surface area contributed by atoms with Crippen LogP contribution in [0.15, 0.2) is 72.8 Å². The van der Waals surface area contributed by atoms with E-state index in [1.54, 1.807) is 6.07 Å². The Kier molecular flexibility index (Phi) is 4.33. The van der Waals surface area contributed by atoms with Crippen LogP contribution in [-0.2, 0) is 0 Å². The molecule has 0 saturated carbocycles. The van der Waals surface area contributed by atoms with E-state index in [4.69, 9.17) is 5.73 Å². The molecule has 0 spiro atoms. The zero-order valence-corrected chi connectivity index (χ0v) is 15.1. The van der Waals surface area contributed by atoms with Crippen LogP contribution in [0.5, 0.6) is 0 Å². The number of carbonyl (C=O) groups excluding carboxylic acids is 1. The second-order valence-corrected chi connectivity index (χ2v) is 7.06. The number of benzene rings is 3. The summed E-state index contributed by atoms with van der Waals surface area (Å²) < 4.78 is 0. The Morgan fingerprint density at radius 3 is 2.41 bits per heavy atom. The molecule has 3 N–H and O–H groups in total. The molecule has 0 saturated heterocycles. The number of para-hydroxylation sites is 1. The number of nitrogen functional groups attached to an aromatic ring is 1. The fraction of sp³-hybridized carbons (Fsp3) is 0. The van der Waals surface area contributed by atoms with E-state index in [0.29, 0.717) is 21.0 Å². The molecule has 0 aliphatic rings. The van der Waals surface area contributed by atoms with E-state index >= 15 is 0 Å². The first-order valence-corrected chi connectivity index (χ1v) is 9.17. The summed E-state index contributed by atoms with van der Waals surface area (Å²) in [7, 11) is 0. The molecule has 4 rings (SSSR count). The number of ketones is 1. The van der Waals surface area contributed by atoms with Crippen LogP contribution in [0.3, 0.4) is 0 Å². The summed E-state index contributed by atoms with van der Waals surface area (Å²) in [4.78, 5) is 13.4. The number of hydrogen-bond donors (Lipinski definition) is 2. The van der Waals surface area contributed by atoms with Crippen LogP contribution in [0, 0.1) is 11.3 Å². The number of nitrogens with one attached hydrogen (secondary N) is 1. The molecule has 130 valence electrons. The molecular formula is C22H15N3OS. The predicted molar refractivity (Wildman–Crippen MR) is 111 cm³/mol. The third kappa shape index (κ3) is 3.14. The highest BCUT2D eigenvalue weighted by Gasteiger charge is 2.22. The maximum absolute atomic E-state index is 13.0. The van der Waals surface area contributed by atoms with Gasteiger partial charge in [0.05, 0.1) is 5.69 Å². The Bertz CT molecular complexity index is 1190. The third-order valence-electron chi connectivity index (χ3n) is 4.31. The Morgan fingerprint density at radius 1 is 0.963 bits per heavy atom. The first-order valence-electron chi connectivity index (χ1n) is 8.35. The summed E-state index contributed by atoms with van der Waals surface area (Å²) >= 11 is 1.21. The Morgan fingerprint density at radius 2 is 1.67 bits per heavy atom. The van der Waals surface area contributed by atoms with Gasteiger partial charge < -0.3 is 11.1 Å². The quantitative estimate of drug-likeness (QED) is 0.477. The highest BCUT2D eigenvalue weighted by molar-refractivity contribution is 7.19. The molecule has 4 nitrogen and oxygen atoms in total. The van der Waals surface area contributed by atoms with Gasteiger partial charge in [-0.3, -0.25) is 4.79 Å². The topological polar surface area (TPSA) is 78.9 Å². The molecule has 0 aliphatic carbocycles. The molecule has 27 heavy (non-hydrogen) atoms. The molecule has 4 aromatic rings. The van der Waals surface area contributed by atoms with Crippen molar-refractivity contribution in [1.82, 2.24) is 0 Å². The highest BCUT2D eigenvalue weighted by Crippen LogP contribution is 2.38. The Hall–Kier alpha value is -3.62. The Labute approximate surface area is 160 Å². The molecule has 5 heteroatoms. The van der Waals surface area contributed by atoms with E-state index in [0.717, 1.165) is 16.5 Å². The van der Waals surface area contributed by atoms with Gasteiger partial charge in [-0.1, -0.05) is 54.6 Å². The zero-order valence-electron chi connectivity index (χ0n) is 14.3. The van der Waals surface area contributed by atoms with Gasteiger partial charge in [-0.25, -0.2) is 0 Å². The maximum Gasteiger partial charge on any atom is 0.205 e. The lowest BCUT2D eigenvalue weighted by Gasteiger charge is -2.03. The zero-order chi connectivity index (χ0) is 18.8. The van der Waals surface area contributed by atoms with E-state index in [-0.39, 0.29) is 11.5 Å². The van der Waals surface area contributed by atoms with Crippen molar-refractivity contribution in [2.45, 2.75) is 0 Å². The molecule has 0 fully saturated rings. The molecule has 0 radical (unpaired) electrons. The molecule has 0 aliphatic heterocycles. The van der Waals surface area contributed by atoms with Gasteiger partial charge in [0.25, 0.3) is 0 Å². The first-order chi connectivity index (χ1) is 13.2. The molecule has 0 bridgehead atoms. The number of fused-ring (bicyclic) bond motifs is 1. The van der Waals surface area contributed by atoms with Gasteiger partial charge in [-0.2, -0.15) is 5.26 Å². The van der Waals surface area contributed by atoms with E-state index in [2.05, 4.69) is 11.4 Å². The highest BCUT2D eigenvalue weighted by atomic mass is 32.1. The van der Waals surface area contributed by atoms with Crippen molar-refractivity contribution in [3.8, 4) is 6.07 Å². The van der Waals surface area contributed by atoms with Gasteiger partial charge in [0.2, 0.25) is 5.78 Å². The monoisotopic (exact) mass is 369 g/mol. The number of nitrogens with two attached hydrogens (primary N) is 1. The minimum Gasteiger partial charge on any atom is -0.396 e. The standard InChI is InChI=1S/C22H15N3OS/c23-13-18-19(24)21(27-22(18)25-17-8-2-1-3-9-17)20(26)16-11-10-14-6-4-5-7-15(14)12-16/h1-12,25H,24H2. The van der Waals surface area contributed by atoms with Crippen molar-refractivity contribution in [3.63, 3.8) is 0 Å². The van der Waals surface area contributed by atoms with Crippen molar-refractivity contribution >= 4 is 44.3 Å². The number of nitrogens with zero attached hydrogens (tertiary/aromatic N) is 1. The average molecular weight is 369 g/mol. The number of hydrogen-bond acceptors (Lipinski definition) is 5. The maximum atomic E-state index is 13.0. The van der Waals surface area contributed by atoms with Crippen LogP contribution < -0.4 is 11.1 Å². The normalized spacial score (nSPS) is 10.5. The number of anilines is 3. The minimum absolute atomic E-state index is 0.180. The molecular weight excluding hydrogens is 354 g/mol. The molecule has 0 unspecified atom stereocenters. The van der Waals surface area contributed by atoms with Crippen molar-refractivity contribution < 1.29 is 4.79 Å². The largest absolute Gasteiger partial charge is 0.396 e. The molecule has 1 heterocycles. The smallest absolute Gasteiger partial charge is 0.205 e. The predicted octanol–water partition coefficient (Wildman–Crippen LogP) is 5.33. The minimum atomic E-state index is -0.180. The van der Waals surface area contributed by atoms with E-state index < -0.39 is 0 Å². The lowest BCUT2D eigenvalue weighted by Crippen LogP contribution is -2.02. The van der Waals surface area contributed by atoms with Crippen LogP contribution in [0.25, 0.3) is 10.8 Å². The summed E-state index contributed by atoms with van der Waals surface area (Å²) in [6.45, 7) is 0. The van der Waals surface area contributed by atoms with Crippen LogP contribution in [0.2, 0.25) is 0 Å². The van der Waals surface area contributed by atoms with Crippen molar-refractivity contribution in [2.24, 2.45) is 0 Å². The summed E-state index contributed by atoms with van der Waals surface area (Å²) in [5.41, 5.74) is 8.05. The van der Waals surface area contributed by atoms with Crippen LogP contribution in [0.1, 0.15) is 20.8 Å². The summed E-state index contributed by atoms with van der Waals surface area (Å²) in [5.74, 6) is -0.180. The first kappa shape index (κ1) is 16.8. The van der Waals surface area contributed by atoms with Crippen molar-refractivity contribution in [2.75, 3.05) is 11.1 Å². The third-order valence-corrected chi connectivity index (χ3v) is 5.43. The fourth-order valence-electron chi connectivity index (χ4n) is 2.93. The summed E-state index contributed by atoms with van der Waals surface area (Å²) in [5, 5.41) is 15.3. The number of thiophene rings is 1. The van der Waals surface area contributed by atoms with E-state index in [1.807, 2.05) is 66.7 Å². The molecule has 0 amide bonds. The molecule has 0 atom stereocenters. The lowest BCUT2D eigenvalue weighted by molar-refractivity contribution is 0.104. The van der Waals surface area contributed by atoms with E-state index in [9.17, 15) is 10.1 Å². The second kappa shape index (κ2) is 6.94. The molecule has 1 aromatic heterocycles. The van der Waals surface area contributed by atoms with E-state index in [1.165, 1.54) is 11.3 Å². The van der Waals surface area contributed by atoms with Gasteiger partial charge in [-0.05, 0) is 29.0 Å². The Balaban J connectivity index is 1.74. The van der Waals surface area contributed by atoms with Gasteiger partial charge >= 0.3 is 0 Å².